The van der Waals surface area contributed by atoms with Crippen molar-refractivity contribution in [3.63, 3.8) is 0 Å². The van der Waals surface area contributed by atoms with Gasteiger partial charge in [-0.3, -0.25) is 0 Å². The molecule has 2 heterocycles. The molecule has 0 aliphatic heterocycles. The van der Waals surface area contributed by atoms with Crippen LogP contribution in [0.5, 0.6) is 5.75 Å². The molecule has 0 radical (unpaired) electrons. The zero-order valence-electron chi connectivity index (χ0n) is 10.5. The van der Waals surface area contributed by atoms with Crippen LogP contribution in [-0.4, -0.2) is 22.3 Å². The summed E-state index contributed by atoms with van der Waals surface area (Å²) >= 11 is 6.74. The highest BCUT2D eigenvalue weighted by Gasteiger charge is 2.05. The first kappa shape index (κ1) is 13.9. The third-order valence-electron chi connectivity index (χ3n) is 2.63. The van der Waals surface area contributed by atoms with Crippen molar-refractivity contribution in [2.24, 2.45) is 0 Å². The minimum absolute atomic E-state index is 0.655. The zero-order valence-corrected chi connectivity index (χ0v) is 13.7. The van der Waals surface area contributed by atoms with Gasteiger partial charge in [-0.25, -0.2) is 9.97 Å². The van der Waals surface area contributed by atoms with Crippen LogP contribution in [0.3, 0.4) is 0 Å². The number of thioether (sulfide) groups is 1. The average Bonchev–Trinajstić information content (AvgIpc) is 2.94. The normalized spacial score (nSPS) is 10.8. The fourth-order valence-corrected chi connectivity index (χ4v) is 3.57. The maximum Gasteiger partial charge on any atom is 0.127 e. The van der Waals surface area contributed by atoms with Crippen molar-refractivity contribution in [2.75, 3.05) is 12.4 Å². The smallest absolute Gasteiger partial charge is 0.127 e. The summed E-state index contributed by atoms with van der Waals surface area (Å²) in [5.74, 6) is 1.75. The second-order valence-electron chi connectivity index (χ2n) is 3.97. The summed E-state index contributed by atoms with van der Waals surface area (Å²) < 4.78 is 6.75. The summed E-state index contributed by atoms with van der Waals surface area (Å²) in [6.07, 6.45) is 1.62. The van der Waals surface area contributed by atoms with E-state index in [-0.39, 0.29) is 0 Å². The quantitative estimate of drug-likeness (QED) is 0.374. The predicted molar refractivity (Wildman–Crippen MR) is 87.8 cm³/mol. The Kier molecular flexibility index (Phi) is 4.54. The number of hydrogen-bond donors (Lipinski definition) is 0. The Bertz CT molecular complexity index is 700. The van der Waals surface area contributed by atoms with Crippen LogP contribution in [0.15, 0.2) is 51.5 Å². The number of hydrogen-bond acceptors (Lipinski definition) is 5. The van der Waals surface area contributed by atoms with E-state index < -0.39 is 0 Å². The molecule has 0 saturated heterocycles. The monoisotopic (exact) mass is 366 g/mol. The van der Waals surface area contributed by atoms with Gasteiger partial charge in [0.2, 0.25) is 0 Å². The molecule has 6 heteroatoms. The van der Waals surface area contributed by atoms with Crippen molar-refractivity contribution in [2.45, 2.75) is 5.03 Å². The highest BCUT2D eigenvalue weighted by atomic mass is 79.9. The van der Waals surface area contributed by atoms with Gasteiger partial charge in [0.05, 0.1) is 6.61 Å². The molecule has 0 spiro atoms. The van der Waals surface area contributed by atoms with Gasteiger partial charge in [-0.15, -0.1) is 23.1 Å². The molecule has 0 amide bonds. The third kappa shape index (κ3) is 3.31. The van der Waals surface area contributed by atoms with Gasteiger partial charge in [-0.2, -0.15) is 0 Å². The predicted octanol–water partition coefficient (Wildman–Crippen LogP) is 4.62. The summed E-state index contributed by atoms with van der Waals surface area (Å²) in [7, 11) is 0. The van der Waals surface area contributed by atoms with E-state index in [1.165, 1.54) is 0 Å². The molecule has 0 fully saturated rings. The summed E-state index contributed by atoms with van der Waals surface area (Å²) in [6.45, 7) is 0.655. The Balaban J connectivity index is 1.55. The maximum atomic E-state index is 5.69. The number of ether oxygens (including phenoxy) is 1. The van der Waals surface area contributed by atoms with Crippen LogP contribution >= 0.6 is 39.0 Å². The van der Waals surface area contributed by atoms with Gasteiger partial charge in [0.25, 0.3) is 0 Å². The largest absolute Gasteiger partial charge is 0.493 e. The Morgan fingerprint density at radius 1 is 1.15 bits per heavy atom. The minimum Gasteiger partial charge on any atom is -0.493 e. The third-order valence-corrected chi connectivity index (χ3v) is 4.95. The number of halogens is 1. The first-order valence-corrected chi connectivity index (χ1v) is 8.68. The van der Waals surface area contributed by atoms with E-state index in [4.69, 9.17) is 4.74 Å². The molecule has 20 heavy (non-hydrogen) atoms. The molecule has 102 valence electrons. The molecular formula is C14H11BrN2OS2. The van der Waals surface area contributed by atoms with Gasteiger partial charge in [0.1, 0.15) is 21.9 Å². The fourth-order valence-electron chi connectivity index (χ4n) is 1.71. The van der Waals surface area contributed by atoms with Gasteiger partial charge in [-0.05, 0) is 35.7 Å². The highest BCUT2D eigenvalue weighted by molar-refractivity contribution is 9.10. The van der Waals surface area contributed by atoms with E-state index >= 15 is 0 Å². The van der Waals surface area contributed by atoms with E-state index in [0.717, 1.165) is 31.2 Å². The molecule has 3 aromatic rings. The molecule has 2 aromatic heterocycles. The summed E-state index contributed by atoms with van der Waals surface area (Å²) in [5.41, 5.74) is 0. The highest BCUT2D eigenvalue weighted by Crippen LogP contribution is 2.27. The minimum atomic E-state index is 0.655. The number of nitrogens with zero attached hydrogens (tertiary/aromatic N) is 2. The van der Waals surface area contributed by atoms with Crippen molar-refractivity contribution >= 4 is 49.2 Å². The van der Waals surface area contributed by atoms with E-state index in [1.807, 2.05) is 29.6 Å². The van der Waals surface area contributed by atoms with Crippen LogP contribution in [0.4, 0.5) is 0 Å². The van der Waals surface area contributed by atoms with Crippen LogP contribution in [-0.2, 0) is 0 Å². The summed E-state index contributed by atoms with van der Waals surface area (Å²) in [4.78, 5) is 9.61. The van der Waals surface area contributed by atoms with Gasteiger partial charge in [-0.1, -0.05) is 15.9 Å². The number of fused-ring (bicyclic) bond motifs is 1. The average molecular weight is 367 g/mol. The Hall–Kier alpha value is -1.11. The second-order valence-corrected chi connectivity index (χ2v) is 6.86. The molecule has 0 atom stereocenters. The van der Waals surface area contributed by atoms with Crippen molar-refractivity contribution < 1.29 is 4.74 Å². The van der Waals surface area contributed by atoms with Gasteiger partial charge in [0.15, 0.2) is 0 Å². The number of thiophene rings is 1. The molecule has 0 N–H and O–H groups in total. The van der Waals surface area contributed by atoms with E-state index in [0.29, 0.717) is 6.61 Å². The standard InChI is InChI=1S/C14H11BrN2OS2/c15-10-1-3-11(4-2-10)18-6-8-20-14-12-5-7-19-13(12)16-9-17-14/h1-5,7,9H,6,8H2. The maximum absolute atomic E-state index is 5.69. The lowest BCUT2D eigenvalue weighted by atomic mass is 10.3. The molecule has 3 nitrogen and oxygen atoms in total. The van der Waals surface area contributed by atoms with E-state index in [9.17, 15) is 0 Å². The summed E-state index contributed by atoms with van der Waals surface area (Å²) in [5, 5.41) is 4.20. The number of rotatable bonds is 5. The van der Waals surface area contributed by atoms with Gasteiger partial charge < -0.3 is 4.74 Å². The lowest BCUT2D eigenvalue weighted by Crippen LogP contribution is -2.00. The van der Waals surface area contributed by atoms with Gasteiger partial charge in [0, 0.05) is 15.6 Å². The molecular weight excluding hydrogens is 356 g/mol. The molecule has 0 saturated carbocycles. The Morgan fingerprint density at radius 2 is 2.00 bits per heavy atom. The van der Waals surface area contributed by atoms with Crippen molar-refractivity contribution in [3.8, 4) is 5.75 Å². The van der Waals surface area contributed by atoms with Crippen LogP contribution < -0.4 is 4.74 Å². The Morgan fingerprint density at radius 3 is 2.85 bits per heavy atom. The number of aromatic nitrogens is 2. The SMILES string of the molecule is Brc1ccc(OCCSc2ncnc3sccc23)cc1. The van der Waals surface area contributed by atoms with Crippen LogP contribution in [0.2, 0.25) is 0 Å². The summed E-state index contributed by atoms with van der Waals surface area (Å²) in [6, 6.07) is 9.93. The zero-order chi connectivity index (χ0) is 13.8. The van der Waals surface area contributed by atoms with Crippen molar-refractivity contribution in [1.29, 1.82) is 0 Å². The molecule has 3 rings (SSSR count). The van der Waals surface area contributed by atoms with Crippen LogP contribution in [0, 0.1) is 0 Å². The first-order valence-electron chi connectivity index (χ1n) is 6.02. The first-order chi connectivity index (χ1) is 9.83. The lowest BCUT2D eigenvalue weighted by Gasteiger charge is -2.06. The molecule has 0 aliphatic rings. The molecule has 1 aromatic carbocycles. The van der Waals surface area contributed by atoms with E-state index in [2.05, 4.69) is 32.0 Å². The fraction of sp³-hybridized carbons (Fsp3) is 0.143. The van der Waals surface area contributed by atoms with Crippen LogP contribution in [0.1, 0.15) is 0 Å². The molecule has 0 unspecified atom stereocenters. The Labute approximate surface area is 133 Å². The molecule has 0 aliphatic carbocycles. The lowest BCUT2D eigenvalue weighted by molar-refractivity contribution is 0.344. The molecule has 0 bridgehead atoms. The number of benzene rings is 1. The van der Waals surface area contributed by atoms with E-state index in [1.54, 1.807) is 29.4 Å². The second kappa shape index (κ2) is 6.56. The van der Waals surface area contributed by atoms with Crippen LogP contribution in [0.25, 0.3) is 10.2 Å². The topological polar surface area (TPSA) is 35.0 Å². The van der Waals surface area contributed by atoms with Gasteiger partial charge >= 0.3 is 0 Å². The van der Waals surface area contributed by atoms with Crippen molar-refractivity contribution in [3.05, 3.63) is 46.5 Å². The van der Waals surface area contributed by atoms with Crippen molar-refractivity contribution in [1.82, 2.24) is 9.97 Å².